The molecule has 1 unspecified atom stereocenters. The molecule has 0 aliphatic rings. The fraction of sp³-hybridized carbons (Fsp3) is 0.750. The maximum Gasteiger partial charge on any atom is 0.313 e. The minimum absolute atomic E-state index is 0.0156. The Morgan fingerprint density at radius 3 is 2.70 bits per heavy atom. The van der Waals surface area contributed by atoms with Crippen LogP contribution in [-0.4, -0.2) is 58.6 Å². The van der Waals surface area contributed by atoms with E-state index in [0.29, 0.717) is 16.3 Å². The smallest absolute Gasteiger partial charge is 0.313 e. The summed E-state index contributed by atoms with van der Waals surface area (Å²) >= 11 is 2.60. The van der Waals surface area contributed by atoms with Crippen molar-refractivity contribution in [2.24, 2.45) is 5.92 Å². The second-order valence-electron chi connectivity index (χ2n) is 5.29. The molecule has 0 saturated carbocycles. The number of carbonyl (C=O) groups is 1. The number of anilines is 1. The fourth-order valence-corrected chi connectivity index (χ4v) is 3.36. The molecule has 1 aromatic heterocycles. The second kappa shape index (κ2) is 8.43. The number of likely N-dealkylation sites (N-methyl/N-ethyl adjacent to an activating group) is 1. The number of aromatic nitrogens is 2. The van der Waals surface area contributed by atoms with Crippen molar-refractivity contribution in [2.75, 3.05) is 31.7 Å². The van der Waals surface area contributed by atoms with Crippen molar-refractivity contribution < 1.29 is 9.90 Å². The van der Waals surface area contributed by atoms with Gasteiger partial charge in [-0.3, -0.25) is 4.79 Å². The van der Waals surface area contributed by atoms with Gasteiger partial charge in [0.15, 0.2) is 4.34 Å². The predicted molar refractivity (Wildman–Crippen MR) is 83.7 cm³/mol. The van der Waals surface area contributed by atoms with Gasteiger partial charge >= 0.3 is 5.97 Å². The molecular weight excluding hydrogens is 296 g/mol. The Bertz CT molecular complexity index is 413. The molecule has 1 rings (SSSR count). The summed E-state index contributed by atoms with van der Waals surface area (Å²) in [7, 11) is 4.09. The summed E-state index contributed by atoms with van der Waals surface area (Å²) in [4.78, 5) is 12.7. The molecule has 0 radical (unpaired) electrons. The van der Waals surface area contributed by atoms with E-state index in [4.69, 9.17) is 5.11 Å². The molecule has 0 aliphatic carbocycles. The lowest BCUT2D eigenvalue weighted by Gasteiger charge is -2.23. The Hall–Kier alpha value is -0.860. The van der Waals surface area contributed by atoms with E-state index < -0.39 is 5.97 Å². The molecule has 8 heteroatoms. The van der Waals surface area contributed by atoms with Crippen LogP contribution in [0, 0.1) is 5.92 Å². The van der Waals surface area contributed by atoms with Gasteiger partial charge in [-0.2, -0.15) is 0 Å². The van der Waals surface area contributed by atoms with Crippen LogP contribution in [0.25, 0.3) is 0 Å². The van der Waals surface area contributed by atoms with Crippen LogP contribution in [0.1, 0.15) is 20.3 Å². The minimum Gasteiger partial charge on any atom is -0.481 e. The number of hydrogen-bond donors (Lipinski definition) is 2. The Labute approximate surface area is 128 Å². The standard InChI is InChI=1S/C12H22N4O2S2/c1-8(2)5-9(6-16(3)4)13-11-14-15-12(20-11)19-7-10(17)18/h8-9H,5-7H2,1-4H3,(H,13,14)(H,17,18). The van der Waals surface area contributed by atoms with Crippen LogP contribution < -0.4 is 5.32 Å². The van der Waals surface area contributed by atoms with Gasteiger partial charge in [0.05, 0.1) is 5.75 Å². The first-order valence-electron chi connectivity index (χ1n) is 6.46. The quantitative estimate of drug-likeness (QED) is 0.675. The van der Waals surface area contributed by atoms with Gasteiger partial charge in [0.25, 0.3) is 0 Å². The maximum absolute atomic E-state index is 10.5. The molecule has 0 saturated heterocycles. The van der Waals surface area contributed by atoms with Crippen LogP contribution in [0.3, 0.4) is 0 Å². The number of nitrogens with zero attached hydrogens (tertiary/aromatic N) is 3. The lowest BCUT2D eigenvalue weighted by atomic mass is 10.0. The Balaban J connectivity index is 2.56. The summed E-state index contributed by atoms with van der Waals surface area (Å²) in [5.74, 6) is -0.229. The molecule has 1 heterocycles. The first kappa shape index (κ1) is 17.2. The SMILES string of the molecule is CC(C)CC(CN(C)C)Nc1nnc(SCC(=O)O)s1. The van der Waals surface area contributed by atoms with Crippen molar-refractivity contribution in [3.63, 3.8) is 0 Å². The van der Waals surface area contributed by atoms with Gasteiger partial charge in [-0.15, -0.1) is 10.2 Å². The number of rotatable bonds is 9. The van der Waals surface area contributed by atoms with Crippen molar-refractivity contribution in [1.82, 2.24) is 15.1 Å². The highest BCUT2D eigenvalue weighted by atomic mass is 32.2. The predicted octanol–water partition coefficient (Wildman–Crippen LogP) is 2.10. The van der Waals surface area contributed by atoms with Crippen LogP contribution >= 0.6 is 23.1 Å². The molecule has 0 aromatic carbocycles. The topological polar surface area (TPSA) is 78.3 Å². The number of carboxylic acids is 1. The molecule has 0 amide bonds. The first-order valence-corrected chi connectivity index (χ1v) is 8.26. The van der Waals surface area contributed by atoms with Gasteiger partial charge in [0.2, 0.25) is 5.13 Å². The number of carboxylic acid groups (broad SMARTS) is 1. The van der Waals surface area contributed by atoms with Crippen LogP contribution in [0.2, 0.25) is 0 Å². The zero-order valence-corrected chi connectivity index (χ0v) is 13.9. The summed E-state index contributed by atoms with van der Waals surface area (Å²) < 4.78 is 0.683. The van der Waals surface area contributed by atoms with Gasteiger partial charge in [-0.1, -0.05) is 36.9 Å². The molecule has 20 heavy (non-hydrogen) atoms. The highest BCUT2D eigenvalue weighted by Crippen LogP contribution is 2.26. The molecule has 0 bridgehead atoms. The zero-order chi connectivity index (χ0) is 15.1. The largest absolute Gasteiger partial charge is 0.481 e. The highest BCUT2D eigenvalue weighted by Gasteiger charge is 2.15. The fourth-order valence-electron chi connectivity index (χ4n) is 1.81. The van der Waals surface area contributed by atoms with E-state index in [2.05, 4.69) is 34.3 Å². The van der Waals surface area contributed by atoms with Crippen LogP contribution in [-0.2, 0) is 4.79 Å². The Morgan fingerprint density at radius 2 is 2.15 bits per heavy atom. The zero-order valence-electron chi connectivity index (χ0n) is 12.3. The number of hydrogen-bond acceptors (Lipinski definition) is 7. The van der Waals surface area contributed by atoms with Crippen molar-refractivity contribution in [1.29, 1.82) is 0 Å². The lowest BCUT2D eigenvalue weighted by molar-refractivity contribution is -0.133. The molecule has 0 fully saturated rings. The molecule has 1 aromatic rings. The van der Waals surface area contributed by atoms with Gasteiger partial charge in [0, 0.05) is 12.6 Å². The van der Waals surface area contributed by atoms with Gasteiger partial charge < -0.3 is 15.3 Å². The van der Waals surface area contributed by atoms with Gasteiger partial charge in [-0.25, -0.2) is 0 Å². The number of aliphatic carboxylic acids is 1. The van der Waals surface area contributed by atoms with E-state index >= 15 is 0 Å². The molecule has 6 nitrogen and oxygen atoms in total. The molecule has 0 spiro atoms. The molecule has 114 valence electrons. The van der Waals surface area contributed by atoms with Crippen LogP contribution in [0.5, 0.6) is 0 Å². The van der Waals surface area contributed by atoms with Crippen molar-refractivity contribution in [2.45, 2.75) is 30.6 Å². The van der Waals surface area contributed by atoms with E-state index in [-0.39, 0.29) is 5.75 Å². The summed E-state index contributed by atoms with van der Waals surface area (Å²) in [6.07, 6.45) is 1.05. The summed E-state index contributed by atoms with van der Waals surface area (Å²) in [5, 5.41) is 20.9. The van der Waals surface area contributed by atoms with E-state index in [0.717, 1.165) is 18.1 Å². The van der Waals surface area contributed by atoms with E-state index in [1.165, 1.54) is 23.1 Å². The molecular formula is C12H22N4O2S2. The average molecular weight is 318 g/mol. The third-order valence-electron chi connectivity index (χ3n) is 2.39. The minimum atomic E-state index is -0.843. The van der Waals surface area contributed by atoms with E-state index in [1.807, 2.05) is 14.1 Å². The summed E-state index contributed by atoms with van der Waals surface area (Å²) in [5.41, 5.74) is 0. The molecule has 2 N–H and O–H groups in total. The monoisotopic (exact) mass is 318 g/mol. The normalized spacial score (nSPS) is 12.9. The highest BCUT2D eigenvalue weighted by molar-refractivity contribution is 8.01. The Kier molecular flexibility index (Phi) is 7.25. The number of nitrogens with one attached hydrogen (secondary N) is 1. The van der Waals surface area contributed by atoms with Gasteiger partial charge in [0.1, 0.15) is 0 Å². The van der Waals surface area contributed by atoms with Gasteiger partial charge in [-0.05, 0) is 26.4 Å². The lowest BCUT2D eigenvalue weighted by Crippen LogP contribution is -2.33. The van der Waals surface area contributed by atoms with Crippen molar-refractivity contribution in [3.05, 3.63) is 0 Å². The van der Waals surface area contributed by atoms with Crippen LogP contribution in [0.4, 0.5) is 5.13 Å². The third-order valence-corrected chi connectivity index (χ3v) is 4.37. The first-order chi connectivity index (χ1) is 9.36. The maximum atomic E-state index is 10.5. The molecule has 1 atom stereocenters. The average Bonchev–Trinajstić information content (AvgIpc) is 2.72. The Morgan fingerprint density at radius 1 is 1.45 bits per heavy atom. The second-order valence-corrected chi connectivity index (χ2v) is 7.49. The van der Waals surface area contributed by atoms with Crippen molar-refractivity contribution in [3.8, 4) is 0 Å². The van der Waals surface area contributed by atoms with E-state index in [1.54, 1.807) is 0 Å². The summed E-state index contributed by atoms with van der Waals surface area (Å²) in [6, 6.07) is 0.315. The summed E-state index contributed by atoms with van der Waals surface area (Å²) in [6.45, 7) is 5.31. The third kappa shape index (κ3) is 7.06. The molecule has 0 aliphatic heterocycles. The van der Waals surface area contributed by atoms with Crippen LogP contribution in [0.15, 0.2) is 4.34 Å². The number of thioether (sulfide) groups is 1. The van der Waals surface area contributed by atoms with E-state index in [9.17, 15) is 4.79 Å². The van der Waals surface area contributed by atoms with Crippen molar-refractivity contribution >= 4 is 34.2 Å².